The summed E-state index contributed by atoms with van der Waals surface area (Å²) < 4.78 is 2.10. The van der Waals surface area contributed by atoms with Crippen molar-refractivity contribution in [1.82, 2.24) is 19.6 Å². The van der Waals surface area contributed by atoms with Crippen molar-refractivity contribution in [2.24, 2.45) is 11.8 Å². The van der Waals surface area contributed by atoms with Gasteiger partial charge in [0.1, 0.15) is 0 Å². The van der Waals surface area contributed by atoms with Gasteiger partial charge < -0.3 is 9.80 Å². The highest BCUT2D eigenvalue weighted by Gasteiger charge is 2.35. The summed E-state index contributed by atoms with van der Waals surface area (Å²) in [6.07, 6.45) is 2.52. The zero-order valence-electron chi connectivity index (χ0n) is 17.2. The largest absolute Gasteiger partial charge is 0.341 e. The first-order chi connectivity index (χ1) is 11.7. The SMILES string of the molecule is CCC1CN(C(=O)CCc2c(C)nn(CC(C)C)c2C)CC1N(C)C. The van der Waals surface area contributed by atoms with Crippen molar-refractivity contribution < 1.29 is 4.79 Å². The molecule has 2 rings (SSSR count). The van der Waals surface area contributed by atoms with Crippen LogP contribution >= 0.6 is 0 Å². The smallest absolute Gasteiger partial charge is 0.222 e. The fourth-order valence-electron chi connectivity index (χ4n) is 4.05. The molecule has 2 atom stereocenters. The van der Waals surface area contributed by atoms with Gasteiger partial charge in [0.2, 0.25) is 5.91 Å². The van der Waals surface area contributed by atoms with E-state index in [9.17, 15) is 4.79 Å². The molecule has 142 valence electrons. The van der Waals surface area contributed by atoms with Crippen molar-refractivity contribution in [3.05, 3.63) is 17.0 Å². The van der Waals surface area contributed by atoms with Crippen LogP contribution in [-0.2, 0) is 17.8 Å². The van der Waals surface area contributed by atoms with Crippen molar-refractivity contribution in [3.63, 3.8) is 0 Å². The maximum absolute atomic E-state index is 12.7. The number of aromatic nitrogens is 2. The highest BCUT2D eigenvalue weighted by molar-refractivity contribution is 5.77. The van der Waals surface area contributed by atoms with Crippen LogP contribution in [0.3, 0.4) is 0 Å². The maximum Gasteiger partial charge on any atom is 0.222 e. The summed E-state index contributed by atoms with van der Waals surface area (Å²) in [5.74, 6) is 1.46. The van der Waals surface area contributed by atoms with Crippen molar-refractivity contribution >= 4 is 5.91 Å². The Morgan fingerprint density at radius 3 is 2.48 bits per heavy atom. The molecule has 1 fully saturated rings. The minimum Gasteiger partial charge on any atom is -0.341 e. The number of rotatable bonds is 7. The third-order valence-corrected chi connectivity index (χ3v) is 5.61. The molecular weight excluding hydrogens is 312 g/mol. The fraction of sp³-hybridized carbons (Fsp3) is 0.800. The van der Waals surface area contributed by atoms with E-state index >= 15 is 0 Å². The Morgan fingerprint density at radius 2 is 1.96 bits per heavy atom. The zero-order valence-corrected chi connectivity index (χ0v) is 17.2. The summed E-state index contributed by atoms with van der Waals surface area (Å²) in [4.78, 5) is 17.1. The van der Waals surface area contributed by atoms with Crippen LogP contribution in [0.5, 0.6) is 0 Å². The number of hydrogen-bond donors (Lipinski definition) is 0. The normalized spacial score (nSPS) is 20.9. The molecule has 1 aromatic heterocycles. The number of likely N-dealkylation sites (N-methyl/N-ethyl adjacent to an activating group) is 1. The molecule has 1 amide bonds. The molecule has 0 bridgehead atoms. The first-order valence-corrected chi connectivity index (χ1v) is 9.71. The number of likely N-dealkylation sites (tertiary alicyclic amines) is 1. The van der Waals surface area contributed by atoms with Gasteiger partial charge in [0, 0.05) is 37.8 Å². The zero-order chi connectivity index (χ0) is 18.7. The van der Waals surface area contributed by atoms with E-state index < -0.39 is 0 Å². The number of carbonyl (C=O) groups is 1. The van der Waals surface area contributed by atoms with Gasteiger partial charge in [-0.1, -0.05) is 27.2 Å². The summed E-state index contributed by atoms with van der Waals surface area (Å²) in [5, 5.41) is 4.67. The number of carbonyl (C=O) groups excluding carboxylic acids is 1. The van der Waals surface area contributed by atoms with Crippen LogP contribution < -0.4 is 0 Å². The van der Waals surface area contributed by atoms with Crippen LogP contribution in [0, 0.1) is 25.7 Å². The third kappa shape index (κ3) is 4.63. The predicted molar refractivity (Wildman–Crippen MR) is 103 cm³/mol. The van der Waals surface area contributed by atoms with Crippen molar-refractivity contribution in [2.75, 3.05) is 27.2 Å². The van der Waals surface area contributed by atoms with Crippen LogP contribution in [-0.4, -0.2) is 58.7 Å². The number of nitrogens with zero attached hydrogens (tertiary/aromatic N) is 4. The molecule has 25 heavy (non-hydrogen) atoms. The van der Waals surface area contributed by atoms with Gasteiger partial charge in [-0.15, -0.1) is 0 Å². The molecule has 0 saturated carbocycles. The molecule has 1 aliphatic heterocycles. The molecular formula is C20H36N4O. The lowest BCUT2D eigenvalue weighted by Gasteiger charge is -2.23. The number of hydrogen-bond acceptors (Lipinski definition) is 3. The molecule has 5 heteroatoms. The molecule has 2 unspecified atom stereocenters. The van der Waals surface area contributed by atoms with E-state index in [1.54, 1.807) is 0 Å². The Balaban J connectivity index is 1.98. The molecule has 2 heterocycles. The second kappa shape index (κ2) is 8.35. The van der Waals surface area contributed by atoms with Gasteiger partial charge in [0.25, 0.3) is 0 Å². The van der Waals surface area contributed by atoms with Crippen LogP contribution in [0.4, 0.5) is 0 Å². The van der Waals surface area contributed by atoms with Crippen LogP contribution in [0.2, 0.25) is 0 Å². The van der Waals surface area contributed by atoms with Crippen molar-refractivity contribution in [1.29, 1.82) is 0 Å². The topological polar surface area (TPSA) is 41.4 Å². The summed E-state index contributed by atoms with van der Waals surface area (Å²) in [6, 6.07) is 0.492. The first-order valence-electron chi connectivity index (χ1n) is 9.71. The predicted octanol–water partition coefficient (Wildman–Crippen LogP) is 2.89. The Hall–Kier alpha value is -1.36. The minimum atomic E-state index is 0.290. The Labute approximate surface area is 153 Å². The van der Waals surface area contributed by atoms with Gasteiger partial charge in [-0.2, -0.15) is 5.10 Å². The Kier molecular flexibility index (Phi) is 6.66. The van der Waals surface area contributed by atoms with Gasteiger partial charge in [0.05, 0.1) is 5.69 Å². The first kappa shape index (κ1) is 20.0. The van der Waals surface area contributed by atoms with Gasteiger partial charge >= 0.3 is 0 Å². The highest BCUT2D eigenvalue weighted by Crippen LogP contribution is 2.24. The number of aryl methyl sites for hydroxylation is 1. The van der Waals surface area contributed by atoms with E-state index in [-0.39, 0.29) is 0 Å². The van der Waals surface area contributed by atoms with E-state index in [1.807, 2.05) is 0 Å². The van der Waals surface area contributed by atoms with Crippen LogP contribution in [0.15, 0.2) is 0 Å². The van der Waals surface area contributed by atoms with Gasteiger partial charge in [-0.25, -0.2) is 0 Å². The standard InChI is InChI=1S/C20H36N4O/c1-8-17-12-23(13-19(17)22(6)7)20(25)10-9-18-15(4)21-24(16(18)5)11-14(2)3/h14,17,19H,8-13H2,1-7H3. The molecule has 0 spiro atoms. The Morgan fingerprint density at radius 1 is 1.28 bits per heavy atom. The second-order valence-corrected chi connectivity index (χ2v) is 8.22. The molecule has 1 saturated heterocycles. The quantitative estimate of drug-likeness (QED) is 0.761. The monoisotopic (exact) mass is 348 g/mol. The maximum atomic E-state index is 12.7. The van der Waals surface area contributed by atoms with Gasteiger partial charge in [0.15, 0.2) is 0 Å². The van der Waals surface area contributed by atoms with E-state index in [4.69, 9.17) is 0 Å². The molecule has 5 nitrogen and oxygen atoms in total. The molecule has 0 aromatic carbocycles. The summed E-state index contributed by atoms with van der Waals surface area (Å²) in [6.45, 7) is 13.6. The van der Waals surface area contributed by atoms with E-state index in [0.29, 0.717) is 30.2 Å². The van der Waals surface area contributed by atoms with Crippen molar-refractivity contribution in [2.45, 2.75) is 66.5 Å². The lowest BCUT2D eigenvalue weighted by atomic mass is 10.0. The summed E-state index contributed by atoms with van der Waals surface area (Å²) >= 11 is 0. The molecule has 0 aliphatic carbocycles. The minimum absolute atomic E-state index is 0.290. The fourth-order valence-corrected chi connectivity index (χ4v) is 4.05. The molecule has 0 N–H and O–H groups in total. The van der Waals surface area contributed by atoms with E-state index in [1.165, 1.54) is 11.3 Å². The van der Waals surface area contributed by atoms with Gasteiger partial charge in [-0.3, -0.25) is 9.48 Å². The summed E-state index contributed by atoms with van der Waals surface area (Å²) in [7, 11) is 4.24. The average Bonchev–Trinajstić information content (AvgIpc) is 3.07. The van der Waals surface area contributed by atoms with E-state index in [2.05, 4.69) is 68.3 Å². The molecule has 0 radical (unpaired) electrons. The Bertz CT molecular complexity index is 591. The van der Waals surface area contributed by atoms with E-state index in [0.717, 1.165) is 38.2 Å². The number of amides is 1. The third-order valence-electron chi connectivity index (χ3n) is 5.61. The second-order valence-electron chi connectivity index (χ2n) is 8.22. The summed E-state index contributed by atoms with van der Waals surface area (Å²) in [5.41, 5.74) is 3.55. The molecule has 1 aromatic rings. The molecule has 1 aliphatic rings. The highest BCUT2D eigenvalue weighted by atomic mass is 16.2. The lowest BCUT2D eigenvalue weighted by molar-refractivity contribution is -0.130. The van der Waals surface area contributed by atoms with Crippen LogP contribution in [0.1, 0.15) is 50.6 Å². The van der Waals surface area contributed by atoms with Crippen LogP contribution in [0.25, 0.3) is 0 Å². The van der Waals surface area contributed by atoms with Crippen molar-refractivity contribution in [3.8, 4) is 0 Å². The average molecular weight is 349 g/mol. The van der Waals surface area contributed by atoms with Gasteiger partial charge in [-0.05, 0) is 51.8 Å². The lowest BCUT2D eigenvalue weighted by Crippen LogP contribution is -2.36.